The van der Waals surface area contributed by atoms with Crippen molar-refractivity contribution in [2.75, 3.05) is 38.5 Å². The molecule has 1 fully saturated rings. The minimum Gasteiger partial charge on any atom is -0.396 e. The molecule has 2 aromatic heterocycles. The zero-order valence-electron chi connectivity index (χ0n) is 12.5. The van der Waals surface area contributed by atoms with Gasteiger partial charge >= 0.3 is 0 Å². The van der Waals surface area contributed by atoms with Gasteiger partial charge in [0.15, 0.2) is 0 Å². The first-order valence-electron chi connectivity index (χ1n) is 7.39. The maximum atomic E-state index is 12.6. The molecule has 0 bridgehead atoms. The van der Waals surface area contributed by atoms with Crippen molar-refractivity contribution in [1.82, 2.24) is 19.2 Å². The molecule has 1 amide bonds. The molecule has 6 nitrogen and oxygen atoms in total. The summed E-state index contributed by atoms with van der Waals surface area (Å²) in [4.78, 5) is 21.6. The van der Waals surface area contributed by atoms with E-state index in [4.69, 9.17) is 5.73 Å². The Hall–Kier alpha value is -1.99. The van der Waals surface area contributed by atoms with E-state index in [-0.39, 0.29) is 5.91 Å². The monoisotopic (exact) mass is 317 g/mol. The summed E-state index contributed by atoms with van der Waals surface area (Å²) in [5, 5.41) is 0. The summed E-state index contributed by atoms with van der Waals surface area (Å²) in [6, 6.07) is 5.57. The highest BCUT2D eigenvalue weighted by atomic mass is 32.1. The predicted molar refractivity (Wildman–Crippen MR) is 87.8 cm³/mol. The quantitative estimate of drug-likeness (QED) is 0.930. The smallest absolute Gasteiger partial charge is 0.267 e. The average Bonchev–Trinajstić information content (AvgIpc) is 2.96. The molecule has 3 heterocycles. The summed E-state index contributed by atoms with van der Waals surface area (Å²) in [6.07, 6.45) is 1.69. The molecule has 0 spiro atoms. The van der Waals surface area contributed by atoms with Gasteiger partial charge in [-0.3, -0.25) is 9.78 Å². The van der Waals surface area contributed by atoms with Crippen molar-refractivity contribution in [1.29, 1.82) is 0 Å². The number of carbonyl (C=O) groups is 1. The molecule has 0 aliphatic carbocycles. The molecule has 1 aliphatic rings. The van der Waals surface area contributed by atoms with Crippen LogP contribution >= 0.6 is 11.5 Å². The summed E-state index contributed by atoms with van der Waals surface area (Å²) in [6.45, 7) is 6.46. The highest BCUT2D eigenvalue weighted by Crippen LogP contribution is 2.30. The number of hydrogen-bond donors (Lipinski definition) is 1. The Bertz CT molecular complexity index is 649. The van der Waals surface area contributed by atoms with Crippen molar-refractivity contribution in [3.63, 3.8) is 0 Å². The Morgan fingerprint density at radius 1 is 1.32 bits per heavy atom. The van der Waals surface area contributed by atoms with Crippen LogP contribution in [0.5, 0.6) is 0 Å². The third-order valence-electron chi connectivity index (χ3n) is 3.94. The lowest BCUT2D eigenvalue weighted by Gasteiger charge is -2.33. The van der Waals surface area contributed by atoms with Gasteiger partial charge in [-0.05, 0) is 30.2 Å². The molecule has 0 radical (unpaired) electrons. The number of nitrogens with zero attached hydrogens (tertiary/aromatic N) is 4. The lowest BCUT2D eigenvalue weighted by atomic mass is 10.2. The highest BCUT2D eigenvalue weighted by Gasteiger charge is 2.26. The lowest BCUT2D eigenvalue weighted by molar-refractivity contribution is 0.0649. The topological polar surface area (TPSA) is 75.3 Å². The summed E-state index contributed by atoms with van der Waals surface area (Å²) < 4.78 is 4.33. The average molecular weight is 317 g/mol. The van der Waals surface area contributed by atoms with Crippen LogP contribution in [0.25, 0.3) is 11.4 Å². The van der Waals surface area contributed by atoms with Gasteiger partial charge in [-0.1, -0.05) is 13.0 Å². The Morgan fingerprint density at radius 3 is 2.73 bits per heavy atom. The Morgan fingerprint density at radius 2 is 2.09 bits per heavy atom. The van der Waals surface area contributed by atoms with Crippen molar-refractivity contribution >= 4 is 23.1 Å². The van der Waals surface area contributed by atoms with E-state index in [9.17, 15) is 4.79 Å². The second-order valence-electron chi connectivity index (χ2n) is 5.22. The second-order valence-corrected chi connectivity index (χ2v) is 5.99. The first-order valence-corrected chi connectivity index (χ1v) is 8.16. The number of hydrogen-bond acceptors (Lipinski definition) is 6. The van der Waals surface area contributed by atoms with Crippen LogP contribution in [0.15, 0.2) is 24.4 Å². The normalized spacial score (nSPS) is 16.0. The minimum absolute atomic E-state index is 0.0204. The number of likely N-dealkylation sites (N-methyl/N-ethyl adjacent to an activating group) is 1. The predicted octanol–water partition coefficient (Wildman–Crippen LogP) is 1.56. The number of piperazine rings is 1. The first-order chi connectivity index (χ1) is 10.7. The van der Waals surface area contributed by atoms with E-state index in [1.165, 1.54) is 0 Å². The van der Waals surface area contributed by atoms with Gasteiger partial charge < -0.3 is 15.5 Å². The fourth-order valence-corrected chi connectivity index (χ4v) is 3.33. The Balaban J connectivity index is 1.78. The van der Waals surface area contributed by atoms with E-state index >= 15 is 0 Å². The molecule has 7 heteroatoms. The fraction of sp³-hybridized carbons (Fsp3) is 0.400. The molecule has 2 N–H and O–H groups in total. The van der Waals surface area contributed by atoms with Gasteiger partial charge in [0.2, 0.25) is 0 Å². The standard InChI is InChI=1S/C15H19N5OS/c1-2-19-7-9-20(10-8-19)15(21)14-12(16)13(18-22-14)11-5-3-4-6-17-11/h3-6H,2,7-10,16H2,1H3. The van der Waals surface area contributed by atoms with Crippen LogP contribution < -0.4 is 5.73 Å². The number of amides is 1. The van der Waals surface area contributed by atoms with E-state index in [0.29, 0.717) is 22.0 Å². The number of nitrogen functional groups attached to an aromatic ring is 1. The van der Waals surface area contributed by atoms with Crippen molar-refractivity contribution in [3.8, 4) is 11.4 Å². The van der Waals surface area contributed by atoms with Crippen LogP contribution in [0, 0.1) is 0 Å². The Labute approximate surface area is 133 Å². The van der Waals surface area contributed by atoms with Crippen molar-refractivity contribution in [3.05, 3.63) is 29.3 Å². The van der Waals surface area contributed by atoms with Crippen molar-refractivity contribution in [2.45, 2.75) is 6.92 Å². The van der Waals surface area contributed by atoms with Crippen LogP contribution in [0.1, 0.15) is 16.6 Å². The summed E-state index contributed by atoms with van der Waals surface area (Å²) in [5.41, 5.74) is 7.88. The first kappa shape index (κ1) is 14.9. The number of anilines is 1. The maximum Gasteiger partial charge on any atom is 0.267 e. The van der Waals surface area contributed by atoms with Crippen molar-refractivity contribution < 1.29 is 4.79 Å². The van der Waals surface area contributed by atoms with Gasteiger partial charge in [0.25, 0.3) is 5.91 Å². The number of carbonyl (C=O) groups excluding carboxylic acids is 1. The lowest BCUT2D eigenvalue weighted by Crippen LogP contribution is -2.48. The van der Waals surface area contributed by atoms with Gasteiger partial charge in [0.05, 0.1) is 11.4 Å². The van der Waals surface area contributed by atoms with Crippen LogP contribution in [-0.4, -0.2) is 57.8 Å². The highest BCUT2D eigenvalue weighted by molar-refractivity contribution is 7.09. The van der Waals surface area contributed by atoms with Crippen LogP contribution in [0.2, 0.25) is 0 Å². The van der Waals surface area contributed by atoms with Crippen LogP contribution in [0.3, 0.4) is 0 Å². The molecule has 0 atom stereocenters. The Kier molecular flexibility index (Phi) is 4.35. The fourth-order valence-electron chi connectivity index (χ4n) is 2.55. The largest absolute Gasteiger partial charge is 0.396 e. The van der Waals surface area contributed by atoms with Crippen LogP contribution in [0.4, 0.5) is 5.69 Å². The van der Waals surface area contributed by atoms with E-state index in [0.717, 1.165) is 44.3 Å². The molecule has 0 saturated carbocycles. The second kappa shape index (κ2) is 6.41. The summed E-state index contributed by atoms with van der Waals surface area (Å²) in [5.74, 6) is -0.0204. The van der Waals surface area contributed by atoms with Gasteiger partial charge in [0.1, 0.15) is 10.6 Å². The van der Waals surface area contributed by atoms with Gasteiger partial charge in [0, 0.05) is 32.4 Å². The molecule has 1 aliphatic heterocycles. The van der Waals surface area contributed by atoms with Crippen molar-refractivity contribution in [2.24, 2.45) is 0 Å². The van der Waals surface area contributed by atoms with E-state index in [1.54, 1.807) is 6.20 Å². The molecule has 0 unspecified atom stereocenters. The molecule has 116 valence electrons. The number of aromatic nitrogens is 2. The minimum atomic E-state index is -0.0204. The maximum absolute atomic E-state index is 12.6. The number of nitrogens with two attached hydrogens (primary N) is 1. The molecule has 1 saturated heterocycles. The molecule has 2 aromatic rings. The molecular weight excluding hydrogens is 298 g/mol. The third-order valence-corrected chi connectivity index (χ3v) is 4.79. The summed E-state index contributed by atoms with van der Waals surface area (Å²) in [7, 11) is 0. The van der Waals surface area contributed by atoms with E-state index in [1.807, 2.05) is 23.1 Å². The zero-order valence-corrected chi connectivity index (χ0v) is 13.3. The SMILES string of the molecule is CCN1CCN(C(=O)c2snc(-c3ccccn3)c2N)CC1. The van der Waals surface area contributed by atoms with Gasteiger partial charge in [-0.15, -0.1) is 0 Å². The third kappa shape index (κ3) is 2.82. The molecular formula is C15H19N5OS. The zero-order chi connectivity index (χ0) is 15.5. The number of pyridine rings is 1. The van der Waals surface area contributed by atoms with Gasteiger partial charge in [-0.25, -0.2) is 0 Å². The summed E-state index contributed by atoms with van der Waals surface area (Å²) >= 11 is 1.16. The molecule has 22 heavy (non-hydrogen) atoms. The van der Waals surface area contributed by atoms with E-state index in [2.05, 4.69) is 21.2 Å². The van der Waals surface area contributed by atoms with Gasteiger partial charge in [-0.2, -0.15) is 4.37 Å². The molecule has 0 aromatic carbocycles. The molecule has 3 rings (SSSR count). The number of rotatable bonds is 3. The van der Waals surface area contributed by atoms with E-state index < -0.39 is 0 Å². The van der Waals surface area contributed by atoms with Crippen LogP contribution in [-0.2, 0) is 0 Å².